The molecule has 0 spiro atoms. The Labute approximate surface area is 97.7 Å². The van der Waals surface area contributed by atoms with Gasteiger partial charge in [0.2, 0.25) is 0 Å². The van der Waals surface area contributed by atoms with E-state index in [-0.39, 0.29) is 0 Å². The van der Waals surface area contributed by atoms with Crippen LogP contribution in [0.3, 0.4) is 0 Å². The molecule has 0 aromatic heterocycles. The van der Waals surface area contributed by atoms with Crippen molar-refractivity contribution >= 4 is 17.2 Å². The van der Waals surface area contributed by atoms with Gasteiger partial charge in [-0.15, -0.1) is 0 Å². The molecule has 0 radical (unpaired) electrons. The third kappa shape index (κ3) is 10.1. The summed E-state index contributed by atoms with van der Waals surface area (Å²) in [6.45, 7) is 9.21. The van der Waals surface area contributed by atoms with Gasteiger partial charge in [0, 0.05) is 32.8 Å². The number of thiocarbonyl (C=S) groups is 1. The van der Waals surface area contributed by atoms with Gasteiger partial charge in [-0.3, -0.25) is 4.90 Å². The van der Waals surface area contributed by atoms with Crippen molar-refractivity contribution in [3.05, 3.63) is 0 Å². The van der Waals surface area contributed by atoms with Gasteiger partial charge in [0.05, 0.1) is 18.2 Å². The van der Waals surface area contributed by atoms with Crippen molar-refractivity contribution in [1.82, 2.24) is 4.90 Å². The first-order valence-electron chi connectivity index (χ1n) is 5.36. The van der Waals surface area contributed by atoms with Gasteiger partial charge < -0.3 is 15.2 Å². The second kappa shape index (κ2) is 10.3. The Morgan fingerprint density at radius 1 is 1.13 bits per heavy atom. The number of hydrogen-bond acceptors (Lipinski definition) is 4. The summed E-state index contributed by atoms with van der Waals surface area (Å²) in [4.78, 5) is 2.66. The van der Waals surface area contributed by atoms with Gasteiger partial charge in [-0.25, -0.2) is 0 Å². The van der Waals surface area contributed by atoms with E-state index in [1.807, 2.05) is 13.8 Å². The number of rotatable bonds is 10. The molecule has 0 aromatic rings. The molecule has 0 aromatic carbocycles. The van der Waals surface area contributed by atoms with Crippen molar-refractivity contribution in [2.75, 3.05) is 46.1 Å². The highest BCUT2D eigenvalue weighted by atomic mass is 32.1. The van der Waals surface area contributed by atoms with Gasteiger partial charge in [0.1, 0.15) is 0 Å². The van der Waals surface area contributed by atoms with E-state index in [0.29, 0.717) is 24.7 Å². The van der Waals surface area contributed by atoms with Crippen LogP contribution in [-0.4, -0.2) is 56.0 Å². The Morgan fingerprint density at radius 2 is 1.60 bits per heavy atom. The molecule has 0 saturated heterocycles. The van der Waals surface area contributed by atoms with Gasteiger partial charge in [-0.2, -0.15) is 0 Å². The molecule has 0 rings (SSSR count). The van der Waals surface area contributed by atoms with E-state index in [0.717, 1.165) is 26.3 Å². The number of nitrogens with zero attached hydrogens (tertiary/aromatic N) is 1. The quantitative estimate of drug-likeness (QED) is 0.444. The van der Waals surface area contributed by atoms with E-state index in [2.05, 4.69) is 4.90 Å². The third-order valence-electron chi connectivity index (χ3n) is 1.89. The monoisotopic (exact) mass is 234 g/mol. The van der Waals surface area contributed by atoms with Crippen molar-refractivity contribution in [2.45, 2.75) is 13.8 Å². The molecule has 0 aliphatic rings. The topological polar surface area (TPSA) is 47.7 Å². The Hall–Kier alpha value is -0.230. The first kappa shape index (κ1) is 14.8. The van der Waals surface area contributed by atoms with Crippen LogP contribution in [0, 0.1) is 0 Å². The van der Waals surface area contributed by atoms with E-state index in [1.165, 1.54) is 0 Å². The second-order valence-corrected chi connectivity index (χ2v) is 3.66. The molecule has 0 heterocycles. The SMILES string of the molecule is CCOCCN(CCOCC)CC(N)=S. The molecule has 0 aliphatic heterocycles. The molecule has 0 bridgehead atoms. The molecule has 2 N–H and O–H groups in total. The summed E-state index contributed by atoms with van der Waals surface area (Å²) >= 11 is 4.88. The number of hydrogen-bond donors (Lipinski definition) is 1. The van der Waals surface area contributed by atoms with Crippen LogP contribution >= 0.6 is 12.2 Å². The van der Waals surface area contributed by atoms with Crippen LogP contribution in [0.15, 0.2) is 0 Å². The maximum absolute atomic E-state index is 5.51. The lowest BCUT2D eigenvalue weighted by atomic mass is 10.4. The Kier molecular flexibility index (Phi) is 10.1. The maximum Gasteiger partial charge on any atom is 0.0870 e. The molecule has 0 fully saturated rings. The zero-order valence-corrected chi connectivity index (χ0v) is 10.5. The number of nitrogens with two attached hydrogens (primary N) is 1. The zero-order valence-electron chi connectivity index (χ0n) is 9.70. The molecule has 0 unspecified atom stereocenters. The average molecular weight is 234 g/mol. The van der Waals surface area contributed by atoms with Gasteiger partial charge in [-0.05, 0) is 13.8 Å². The van der Waals surface area contributed by atoms with Crippen molar-refractivity contribution in [2.24, 2.45) is 5.73 Å². The molecule has 0 amide bonds. The molecule has 0 aliphatic carbocycles. The van der Waals surface area contributed by atoms with Crippen LogP contribution in [0.4, 0.5) is 0 Å². The van der Waals surface area contributed by atoms with Crippen molar-refractivity contribution < 1.29 is 9.47 Å². The van der Waals surface area contributed by atoms with E-state index < -0.39 is 0 Å². The highest BCUT2D eigenvalue weighted by Gasteiger charge is 2.05. The minimum absolute atomic E-state index is 0.517. The Morgan fingerprint density at radius 3 is 1.93 bits per heavy atom. The van der Waals surface area contributed by atoms with Crippen molar-refractivity contribution in [1.29, 1.82) is 0 Å². The van der Waals surface area contributed by atoms with E-state index in [1.54, 1.807) is 0 Å². The van der Waals surface area contributed by atoms with E-state index in [4.69, 9.17) is 27.4 Å². The largest absolute Gasteiger partial charge is 0.392 e. The van der Waals surface area contributed by atoms with Crippen LogP contribution in [0.2, 0.25) is 0 Å². The molecular weight excluding hydrogens is 212 g/mol. The minimum atomic E-state index is 0.517. The lowest BCUT2D eigenvalue weighted by Crippen LogP contribution is -2.37. The molecular formula is C10H22N2O2S. The normalized spacial score (nSPS) is 10.9. The smallest absolute Gasteiger partial charge is 0.0870 e. The average Bonchev–Trinajstić information content (AvgIpc) is 2.17. The molecule has 15 heavy (non-hydrogen) atoms. The summed E-state index contributed by atoms with van der Waals surface area (Å²) in [7, 11) is 0. The van der Waals surface area contributed by atoms with Crippen LogP contribution in [-0.2, 0) is 9.47 Å². The second-order valence-electron chi connectivity index (χ2n) is 3.14. The van der Waals surface area contributed by atoms with Crippen LogP contribution < -0.4 is 5.73 Å². The predicted molar refractivity (Wildman–Crippen MR) is 66.2 cm³/mol. The number of ether oxygens (including phenoxy) is 2. The van der Waals surface area contributed by atoms with Crippen LogP contribution in [0.1, 0.15) is 13.8 Å². The van der Waals surface area contributed by atoms with Gasteiger partial charge in [-0.1, -0.05) is 12.2 Å². The molecule has 5 heteroatoms. The summed E-state index contributed by atoms with van der Waals surface area (Å²) < 4.78 is 10.6. The van der Waals surface area contributed by atoms with Crippen molar-refractivity contribution in [3.63, 3.8) is 0 Å². The van der Waals surface area contributed by atoms with Gasteiger partial charge >= 0.3 is 0 Å². The molecule has 90 valence electrons. The first-order chi connectivity index (χ1) is 7.20. The molecule has 0 saturated carbocycles. The van der Waals surface area contributed by atoms with Crippen LogP contribution in [0.5, 0.6) is 0 Å². The fourth-order valence-corrected chi connectivity index (χ4v) is 1.35. The lowest BCUT2D eigenvalue weighted by molar-refractivity contribution is 0.0894. The fourth-order valence-electron chi connectivity index (χ4n) is 1.17. The molecule has 4 nitrogen and oxygen atoms in total. The fraction of sp³-hybridized carbons (Fsp3) is 0.900. The van der Waals surface area contributed by atoms with E-state index >= 15 is 0 Å². The highest BCUT2D eigenvalue weighted by Crippen LogP contribution is 1.90. The first-order valence-corrected chi connectivity index (χ1v) is 5.77. The highest BCUT2D eigenvalue weighted by molar-refractivity contribution is 7.80. The standard InChI is InChI=1S/C10H22N2O2S/c1-3-13-7-5-12(9-10(11)15)6-8-14-4-2/h3-9H2,1-2H3,(H2,11,15). The third-order valence-corrected chi connectivity index (χ3v) is 2.02. The minimum Gasteiger partial charge on any atom is -0.392 e. The van der Waals surface area contributed by atoms with Crippen molar-refractivity contribution in [3.8, 4) is 0 Å². The van der Waals surface area contributed by atoms with E-state index in [9.17, 15) is 0 Å². The summed E-state index contributed by atoms with van der Waals surface area (Å²) in [5, 5.41) is 0. The summed E-state index contributed by atoms with van der Waals surface area (Å²) in [6.07, 6.45) is 0. The van der Waals surface area contributed by atoms with Gasteiger partial charge in [0.25, 0.3) is 0 Å². The maximum atomic E-state index is 5.51. The van der Waals surface area contributed by atoms with Crippen LogP contribution in [0.25, 0.3) is 0 Å². The summed E-state index contributed by atoms with van der Waals surface area (Å²) in [5.41, 5.74) is 5.51. The Bertz CT molecular complexity index is 158. The molecule has 0 atom stereocenters. The van der Waals surface area contributed by atoms with Gasteiger partial charge in [0.15, 0.2) is 0 Å². The lowest BCUT2D eigenvalue weighted by Gasteiger charge is -2.21. The Balaban J connectivity index is 3.68. The zero-order chi connectivity index (χ0) is 11.5. The summed E-state index contributed by atoms with van der Waals surface area (Å²) in [6, 6.07) is 0. The summed E-state index contributed by atoms with van der Waals surface area (Å²) in [5.74, 6) is 0. The predicted octanol–water partition coefficient (Wildman–Crippen LogP) is 0.648.